The zero-order chi connectivity index (χ0) is 21.7. The van der Waals surface area contributed by atoms with Crippen LogP contribution in [0.4, 0.5) is 0 Å². The van der Waals surface area contributed by atoms with Crippen molar-refractivity contribution in [2.24, 2.45) is 4.99 Å². The molecule has 1 aliphatic heterocycles. The lowest BCUT2D eigenvalue weighted by Crippen LogP contribution is -2.18. The summed E-state index contributed by atoms with van der Waals surface area (Å²) in [6.07, 6.45) is 3.43. The second-order valence-corrected chi connectivity index (χ2v) is 9.39. The van der Waals surface area contributed by atoms with E-state index in [0.29, 0.717) is 39.5 Å². The van der Waals surface area contributed by atoms with Crippen LogP contribution in [0.25, 0.3) is 6.08 Å². The number of phenols is 4. The van der Waals surface area contributed by atoms with E-state index in [4.69, 9.17) is 12.2 Å². The van der Waals surface area contributed by atoms with Gasteiger partial charge in [0.15, 0.2) is 11.5 Å². The maximum absolute atomic E-state index is 10.1. The van der Waals surface area contributed by atoms with Crippen molar-refractivity contribution < 1.29 is 20.4 Å². The topological polar surface area (TPSA) is 105 Å². The summed E-state index contributed by atoms with van der Waals surface area (Å²) >= 11 is 8.54. The molecule has 9 heteroatoms. The normalized spacial score (nSPS) is 13.6. The van der Waals surface area contributed by atoms with Crippen LogP contribution in [0.2, 0.25) is 0 Å². The van der Waals surface area contributed by atoms with Crippen molar-refractivity contribution >= 4 is 51.2 Å². The first-order valence-electron chi connectivity index (χ1n) is 9.15. The van der Waals surface area contributed by atoms with Crippen LogP contribution in [-0.2, 0) is 12.3 Å². The molecule has 0 aromatic heterocycles. The molecule has 30 heavy (non-hydrogen) atoms. The van der Waals surface area contributed by atoms with Crippen LogP contribution in [0.1, 0.15) is 22.3 Å². The fraction of sp³-hybridized carbons (Fsp3) is 0.238. The molecule has 0 fully saturated rings. The molecule has 0 amide bonds. The molecule has 0 radical (unpaired) electrons. The number of phenolic OH excluding ortho intramolecular Hbond substituents is 4. The largest absolute Gasteiger partial charge is 0.508 e. The smallest absolute Gasteiger partial charge is 0.161 e. The first kappa shape index (κ1) is 22.3. The Hall–Kier alpha value is -2.36. The number of thioether (sulfide) groups is 2. The lowest BCUT2D eigenvalue weighted by Gasteiger charge is -2.09. The third-order valence-corrected chi connectivity index (χ3v) is 6.99. The molecule has 2 aromatic carbocycles. The predicted molar refractivity (Wildman–Crippen MR) is 129 cm³/mol. The van der Waals surface area contributed by atoms with Gasteiger partial charge in [0.25, 0.3) is 0 Å². The highest BCUT2D eigenvalue weighted by Gasteiger charge is 2.13. The Kier molecular flexibility index (Phi) is 7.52. The quantitative estimate of drug-likeness (QED) is 0.246. The second kappa shape index (κ2) is 10.1. The average molecular weight is 463 g/mol. The maximum atomic E-state index is 10.1. The van der Waals surface area contributed by atoms with Crippen LogP contribution in [0, 0.1) is 6.92 Å². The Balaban J connectivity index is 1.62. The lowest BCUT2D eigenvalue weighted by atomic mass is 10.1. The van der Waals surface area contributed by atoms with Crippen LogP contribution in [0.3, 0.4) is 0 Å². The molecule has 0 spiro atoms. The zero-order valence-corrected chi connectivity index (χ0v) is 18.7. The van der Waals surface area contributed by atoms with Gasteiger partial charge in [-0.2, -0.15) is 0 Å². The molecule has 0 saturated heterocycles. The summed E-state index contributed by atoms with van der Waals surface area (Å²) in [5.41, 5.74) is 2.46. The van der Waals surface area contributed by atoms with Gasteiger partial charge in [-0.05, 0) is 48.4 Å². The molecule has 0 aliphatic carbocycles. The minimum atomic E-state index is -0.182. The lowest BCUT2D eigenvalue weighted by molar-refractivity contribution is 0.400. The molecular formula is C21H22N2O4S3. The van der Waals surface area contributed by atoms with Gasteiger partial charge >= 0.3 is 0 Å². The number of benzene rings is 2. The molecule has 158 valence electrons. The summed E-state index contributed by atoms with van der Waals surface area (Å²) in [4.78, 5) is 4.83. The number of aliphatic imine (C=N–C) groups is 1. The van der Waals surface area contributed by atoms with Crippen molar-refractivity contribution in [1.82, 2.24) is 5.32 Å². The summed E-state index contributed by atoms with van der Waals surface area (Å²) in [5, 5.41) is 42.8. The van der Waals surface area contributed by atoms with E-state index in [1.807, 2.05) is 0 Å². The SMILES string of the molecule is Cc1c(O)cc(CNC(=S)/C=C/c2cc(O)c(O)c(CSC3=NCCS3)c2)cc1O. The van der Waals surface area contributed by atoms with Crippen molar-refractivity contribution in [2.45, 2.75) is 19.2 Å². The number of thiocarbonyl (C=S) groups is 1. The molecule has 5 N–H and O–H groups in total. The molecule has 6 nitrogen and oxygen atoms in total. The van der Waals surface area contributed by atoms with Crippen molar-refractivity contribution in [3.05, 3.63) is 52.6 Å². The summed E-state index contributed by atoms with van der Waals surface area (Å²) in [5.74, 6) is 1.24. The molecular weight excluding hydrogens is 440 g/mol. The minimum Gasteiger partial charge on any atom is -0.508 e. The van der Waals surface area contributed by atoms with Gasteiger partial charge in [-0.3, -0.25) is 4.99 Å². The van der Waals surface area contributed by atoms with E-state index in [2.05, 4.69) is 10.3 Å². The Bertz CT molecular complexity index is 999. The molecule has 0 bridgehead atoms. The van der Waals surface area contributed by atoms with Crippen LogP contribution in [0.15, 0.2) is 35.3 Å². The van der Waals surface area contributed by atoms with E-state index in [-0.39, 0.29) is 23.0 Å². The first-order valence-corrected chi connectivity index (χ1v) is 11.5. The summed E-state index contributed by atoms with van der Waals surface area (Å²) < 4.78 is 0.994. The van der Waals surface area contributed by atoms with E-state index in [1.165, 1.54) is 6.07 Å². The summed E-state index contributed by atoms with van der Waals surface area (Å²) in [6, 6.07) is 6.42. The van der Waals surface area contributed by atoms with Crippen LogP contribution >= 0.6 is 35.7 Å². The van der Waals surface area contributed by atoms with Crippen molar-refractivity contribution in [3.8, 4) is 23.0 Å². The highest BCUT2D eigenvalue weighted by atomic mass is 32.2. The van der Waals surface area contributed by atoms with Crippen molar-refractivity contribution in [2.75, 3.05) is 12.3 Å². The van der Waals surface area contributed by atoms with E-state index in [0.717, 1.165) is 16.7 Å². The molecule has 1 heterocycles. The fourth-order valence-corrected chi connectivity index (χ4v) is 4.83. The molecule has 3 rings (SSSR count). The minimum absolute atomic E-state index is 0.0280. The third kappa shape index (κ3) is 5.84. The van der Waals surface area contributed by atoms with Crippen molar-refractivity contribution in [1.29, 1.82) is 0 Å². The fourth-order valence-electron chi connectivity index (χ4n) is 2.71. The van der Waals surface area contributed by atoms with E-state index in [1.54, 1.807) is 60.8 Å². The molecule has 0 saturated carbocycles. The van der Waals surface area contributed by atoms with Gasteiger partial charge < -0.3 is 25.7 Å². The highest BCUT2D eigenvalue weighted by molar-refractivity contribution is 8.38. The third-order valence-electron chi connectivity index (χ3n) is 4.41. The van der Waals surface area contributed by atoms with Gasteiger partial charge in [-0.15, -0.1) is 0 Å². The Labute approximate surface area is 188 Å². The number of hydrogen-bond acceptors (Lipinski definition) is 8. The Morgan fingerprint density at radius 1 is 1.17 bits per heavy atom. The maximum Gasteiger partial charge on any atom is 0.161 e. The average Bonchev–Trinajstić information content (AvgIpc) is 3.23. The molecule has 2 aromatic rings. The van der Waals surface area contributed by atoms with Crippen LogP contribution < -0.4 is 5.32 Å². The standard InChI is InChI=1S/C21H22N2O4S3/c1-12-16(24)8-14(9-17(12)25)10-23-19(28)3-2-13-6-15(20(27)18(26)7-13)11-30-21-22-4-5-29-21/h2-3,6-9,24-27H,4-5,10-11H2,1H3,(H,23,28)/b3-2+. The number of rotatable bonds is 6. The van der Waals surface area contributed by atoms with E-state index >= 15 is 0 Å². The Morgan fingerprint density at radius 2 is 1.90 bits per heavy atom. The molecule has 1 aliphatic rings. The zero-order valence-electron chi connectivity index (χ0n) is 16.3. The van der Waals surface area contributed by atoms with Gasteiger partial charge in [0, 0.05) is 29.2 Å². The second-order valence-electron chi connectivity index (χ2n) is 6.64. The number of aromatic hydroxyl groups is 4. The van der Waals surface area contributed by atoms with E-state index < -0.39 is 0 Å². The number of nitrogens with zero attached hydrogens (tertiary/aromatic N) is 1. The molecule has 0 atom stereocenters. The number of nitrogens with one attached hydrogen (secondary N) is 1. The Morgan fingerprint density at radius 3 is 2.57 bits per heavy atom. The van der Waals surface area contributed by atoms with Crippen molar-refractivity contribution in [3.63, 3.8) is 0 Å². The number of hydrogen-bond donors (Lipinski definition) is 5. The monoisotopic (exact) mass is 462 g/mol. The predicted octanol–water partition coefficient (Wildman–Crippen LogP) is 4.28. The van der Waals surface area contributed by atoms with Gasteiger partial charge in [0.2, 0.25) is 0 Å². The van der Waals surface area contributed by atoms with Crippen LogP contribution in [-0.4, -0.2) is 42.1 Å². The van der Waals surface area contributed by atoms with Crippen LogP contribution in [0.5, 0.6) is 23.0 Å². The van der Waals surface area contributed by atoms with E-state index in [9.17, 15) is 20.4 Å². The summed E-state index contributed by atoms with van der Waals surface area (Å²) in [7, 11) is 0. The first-order chi connectivity index (χ1) is 14.3. The van der Waals surface area contributed by atoms with Gasteiger partial charge in [0.05, 0.1) is 11.5 Å². The highest BCUT2D eigenvalue weighted by Crippen LogP contribution is 2.35. The van der Waals surface area contributed by atoms with Gasteiger partial charge in [-0.1, -0.05) is 41.8 Å². The van der Waals surface area contributed by atoms with Gasteiger partial charge in [-0.25, -0.2) is 0 Å². The summed E-state index contributed by atoms with van der Waals surface area (Å²) in [6.45, 7) is 2.79. The molecule has 0 unspecified atom stereocenters. The van der Waals surface area contributed by atoms with Gasteiger partial charge in [0.1, 0.15) is 15.9 Å².